The molecule has 0 bridgehead atoms. The molecule has 0 spiro atoms. The van der Waals surface area contributed by atoms with E-state index in [2.05, 4.69) is 27.7 Å². The van der Waals surface area contributed by atoms with Crippen LogP contribution in [-0.2, 0) is 28.6 Å². The Kier molecular flexibility index (Phi) is 43.2. The van der Waals surface area contributed by atoms with Gasteiger partial charge < -0.3 is 14.2 Å². The van der Waals surface area contributed by atoms with Crippen molar-refractivity contribution in [2.24, 2.45) is 5.92 Å². The van der Waals surface area contributed by atoms with Gasteiger partial charge in [0, 0.05) is 19.3 Å². The molecule has 0 aliphatic rings. The fourth-order valence-corrected chi connectivity index (χ4v) is 7.51. The zero-order valence-electron chi connectivity index (χ0n) is 38.1. The van der Waals surface area contributed by atoms with Gasteiger partial charge in [0.05, 0.1) is 0 Å². The van der Waals surface area contributed by atoms with E-state index in [-0.39, 0.29) is 31.1 Å². The summed E-state index contributed by atoms with van der Waals surface area (Å²) in [6, 6.07) is 0. The Morgan fingerprint density at radius 2 is 0.589 bits per heavy atom. The molecule has 0 saturated carbocycles. The summed E-state index contributed by atoms with van der Waals surface area (Å²) >= 11 is 0. The quantitative estimate of drug-likeness (QED) is 0.0347. The van der Waals surface area contributed by atoms with Crippen LogP contribution < -0.4 is 0 Å². The minimum atomic E-state index is -0.758. The summed E-state index contributed by atoms with van der Waals surface area (Å²) in [6.45, 7) is 8.96. The van der Waals surface area contributed by atoms with Crippen molar-refractivity contribution in [3.63, 3.8) is 0 Å². The fraction of sp³-hybridized carbons (Fsp3) is 0.940. The van der Waals surface area contributed by atoms with Crippen LogP contribution in [0.1, 0.15) is 278 Å². The highest BCUT2D eigenvalue weighted by atomic mass is 16.6. The summed E-state index contributed by atoms with van der Waals surface area (Å²) in [5, 5.41) is 0. The molecule has 0 amide bonds. The molecule has 0 aliphatic heterocycles. The molecule has 0 saturated heterocycles. The molecule has 0 unspecified atom stereocenters. The van der Waals surface area contributed by atoms with E-state index < -0.39 is 6.10 Å². The average Bonchev–Trinajstić information content (AvgIpc) is 3.18. The third-order valence-electron chi connectivity index (χ3n) is 11.3. The molecule has 0 aromatic carbocycles. The van der Waals surface area contributed by atoms with Crippen LogP contribution in [0, 0.1) is 5.92 Å². The Morgan fingerprint density at radius 1 is 0.339 bits per heavy atom. The Morgan fingerprint density at radius 3 is 0.875 bits per heavy atom. The maximum Gasteiger partial charge on any atom is 0.306 e. The Labute approximate surface area is 348 Å². The van der Waals surface area contributed by atoms with E-state index in [1.807, 2.05) is 0 Å². The Balaban J connectivity index is 4.10. The molecule has 0 aromatic rings. The molecule has 332 valence electrons. The van der Waals surface area contributed by atoms with Crippen LogP contribution in [-0.4, -0.2) is 37.2 Å². The first-order valence-electron chi connectivity index (χ1n) is 24.9. The van der Waals surface area contributed by atoms with Gasteiger partial charge in [0.25, 0.3) is 0 Å². The number of rotatable bonds is 45. The molecule has 0 rings (SSSR count). The van der Waals surface area contributed by atoms with E-state index in [1.54, 1.807) is 0 Å². The first kappa shape index (κ1) is 54.4. The number of ether oxygens (including phenoxy) is 3. The molecule has 6 nitrogen and oxygen atoms in total. The van der Waals surface area contributed by atoms with Crippen LogP contribution in [0.3, 0.4) is 0 Å². The van der Waals surface area contributed by atoms with Crippen LogP contribution in [0.5, 0.6) is 0 Å². The van der Waals surface area contributed by atoms with Crippen molar-refractivity contribution in [3.05, 3.63) is 0 Å². The zero-order chi connectivity index (χ0) is 41.0. The first-order valence-corrected chi connectivity index (χ1v) is 24.9. The topological polar surface area (TPSA) is 78.9 Å². The number of carbonyl (C=O) groups excluding carboxylic acids is 3. The monoisotopic (exact) mass is 793 g/mol. The fourth-order valence-electron chi connectivity index (χ4n) is 7.51. The van der Waals surface area contributed by atoms with Crippen molar-refractivity contribution < 1.29 is 28.6 Å². The van der Waals surface area contributed by atoms with E-state index in [1.165, 1.54) is 167 Å². The van der Waals surface area contributed by atoms with Crippen molar-refractivity contribution in [1.82, 2.24) is 0 Å². The maximum absolute atomic E-state index is 12.7. The second-order valence-electron chi connectivity index (χ2n) is 17.6. The third-order valence-corrected chi connectivity index (χ3v) is 11.3. The summed E-state index contributed by atoms with van der Waals surface area (Å²) < 4.78 is 16.7. The minimum Gasteiger partial charge on any atom is -0.462 e. The lowest BCUT2D eigenvalue weighted by Gasteiger charge is -2.18. The van der Waals surface area contributed by atoms with Crippen LogP contribution in [0.2, 0.25) is 0 Å². The number of hydrogen-bond acceptors (Lipinski definition) is 6. The standard InChI is InChI=1S/C50H96O6/c1-5-7-9-11-12-13-14-15-21-25-28-31-35-39-43-50(53)56-47(44-54-48(51)41-37-32-10-8-6-2)45-55-49(52)42-38-34-30-27-24-22-19-17-16-18-20-23-26-29-33-36-40-46(3)4/h46-47H,5-45H2,1-4H3/t47-/m1/s1. The number of hydrogen-bond donors (Lipinski definition) is 0. The average molecular weight is 793 g/mol. The Bertz CT molecular complexity index is 841. The highest BCUT2D eigenvalue weighted by Gasteiger charge is 2.19. The summed E-state index contributed by atoms with van der Waals surface area (Å²) in [5.74, 6) is -0.00858. The second-order valence-corrected chi connectivity index (χ2v) is 17.6. The smallest absolute Gasteiger partial charge is 0.306 e. The molecule has 0 N–H and O–H groups in total. The van der Waals surface area contributed by atoms with E-state index in [9.17, 15) is 14.4 Å². The summed E-state index contributed by atoms with van der Waals surface area (Å²) in [6.07, 6.45) is 45.5. The summed E-state index contributed by atoms with van der Waals surface area (Å²) in [5.41, 5.74) is 0. The summed E-state index contributed by atoms with van der Waals surface area (Å²) in [4.78, 5) is 37.6. The normalized spacial score (nSPS) is 11.9. The zero-order valence-corrected chi connectivity index (χ0v) is 38.1. The van der Waals surface area contributed by atoms with E-state index in [4.69, 9.17) is 14.2 Å². The predicted molar refractivity (Wildman–Crippen MR) is 238 cm³/mol. The summed E-state index contributed by atoms with van der Waals surface area (Å²) in [7, 11) is 0. The van der Waals surface area contributed by atoms with E-state index >= 15 is 0 Å². The number of esters is 3. The Hall–Kier alpha value is -1.59. The highest BCUT2D eigenvalue weighted by Crippen LogP contribution is 2.17. The van der Waals surface area contributed by atoms with Crippen LogP contribution in [0.4, 0.5) is 0 Å². The van der Waals surface area contributed by atoms with Gasteiger partial charge in [0.1, 0.15) is 13.2 Å². The lowest BCUT2D eigenvalue weighted by Crippen LogP contribution is -2.30. The van der Waals surface area contributed by atoms with E-state index in [0.717, 1.165) is 70.1 Å². The lowest BCUT2D eigenvalue weighted by atomic mass is 10.0. The molecule has 6 heteroatoms. The third kappa shape index (κ3) is 43.5. The largest absolute Gasteiger partial charge is 0.462 e. The van der Waals surface area contributed by atoms with Crippen LogP contribution in [0.25, 0.3) is 0 Å². The first-order chi connectivity index (χ1) is 27.4. The van der Waals surface area contributed by atoms with Crippen LogP contribution in [0.15, 0.2) is 0 Å². The van der Waals surface area contributed by atoms with Gasteiger partial charge in [-0.3, -0.25) is 14.4 Å². The minimum absolute atomic E-state index is 0.0640. The SMILES string of the molecule is CCCCCCCCCCCCCCCCC(=O)O[C@H](COC(=O)CCCCCCC)COC(=O)CCCCCCCCCCCCCCCCCCC(C)C. The van der Waals surface area contributed by atoms with Gasteiger partial charge >= 0.3 is 17.9 Å². The van der Waals surface area contributed by atoms with E-state index in [0.29, 0.717) is 19.3 Å². The molecular weight excluding hydrogens is 697 g/mol. The molecule has 1 atom stereocenters. The van der Waals surface area contributed by atoms with Crippen molar-refractivity contribution in [1.29, 1.82) is 0 Å². The number of unbranched alkanes of at least 4 members (excludes halogenated alkanes) is 32. The van der Waals surface area contributed by atoms with Crippen molar-refractivity contribution >= 4 is 17.9 Å². The van der Waals surface area contributed by atoms with Crippen molar-refractivity contribution in [2.75, 3.05) is 13.2 Å². The van der Waals surface area contributed by atoms with Gasteiger partial charge in [-0.2, -0.15) is 0 Å². The van der Waals surface area contributed by atoms with Gasteiger partial charge in [-0.15, -0.1) is 0 Å². The van der Waals surface area contributed by atoms with Crippen molar-refractivity contribution in [2.45, 2.75) is 284 Å². The van der Waals surface area contributed by atoms with Gasteiger partial charge in [0.15, 0.2) is 6.10 Å². The molecule has 0 fully saturated rings. The highest BCUT2D eigenvalue weighted by molar-refractivity contribution is 5.71. The predicted octanol–water partition coefficient (Wildman–Crippen LogP) is 15.9. The van der Waals surface area contributed by atoms with Gasteiger partial charge in [-0.1, -0.05) is 240 Å². The molecule has 0 radical (unpaired) electrons. The lowest BCUT2D eigenvalue weighted by molar-refractivity contribution is -0.167. The second kappa shape index (κ2) is 44.5. The van der Waals surface area contributed by atoms with Crippen LogP contribution >= 0.6 is 0 Å². The van der Waals surface area contributed by atoms with Gasteiger partial charge in [0.2, 0.25) is 0 Å². The number of carbonyl (C=O) groups is 3. The van der Waals surface area contributed by atoms with Gasteiger partial charge in [-0.05, 0) is 25.2 Å². The van der Waals surface area contributed by atoms with Gasteiger partial charge in [-0.25, -0.2) is 0 Å². The molecule has 0 heterocycles. The molecular formula is C50H96O6. The van der Waals surface area contributed by atoms with Crippen molar-refractivity contribution in [3.8, 4) is 0 Å². The maximum atomic E-state index is 12.7. The molecule has 0 aliphatic carbocycles. The molecule has 56 heavy (non-hydrogen) atoms. The molecule has 0 aromatic heterocycles.